The average molecular weight is 663 g/mol. The highest BCUT2D eigenvalue weighted by atomic mass is 16.5. The van der Waals surface area contributed by atoms with E-state index in [1.807, 2.05) is 0 Å². The van der Waals surface area contributed by atoms with Gasteiger partial charge in [0, 0.05) is 42.4 Å². The van der Waals surface area contributed by atoms with Crippen LogP contribution in [0.5, 0.6) is 5.75 Å². The number of benzene rings is 3. The molecule has 9 heteroatoms. The minimum absolute atomic E-state index is 0.0699. The Morgan fingerprint density at radius 1 is 1.00 bits per heavy atom. The second kappa shape index (κ2) is 16.8. The summed E-state index contributed by atoms with van der Waals surface area (Å²) in [6, 6.07) is -32.0. The van der Waals surface area contributed by atoms with Gasteiger partial charge >= 0.3 is 6.03 Å². The van der Waals surface area contributed by atoms with Gasteiger partial charge in [0.25, 0.3) is 5.91 Å². The van der Waals surface area contributed by atoms with E-state index >= 15 is 4.79 Å². The van der Waals surface area contributed by atoms with Crippen molar-refractivity contribution in [3.8, 4) is 5.75 Å². The number of hydrogen-bond acceptors (Lipinski definition) is 5. The van der Waals surface area contributed by atoms with E-state index < -0.39 is 214 Å². The summed E-state index contributed by atoms with van der Waals surface area (Å²) in [5, 5.41) is 17.4. The van der Waals surface area contributed by atoms with Gasteiger partial charge in [-0.05, 0) is 67.4 Å². The van der Waals surface area contributed by atoms with Crippen molar-refractivity contribution in [3.05, 3.63) is 101 Å². The SMILES string of the molecule is [2H]c1c([2H])c([2H])c(C([2H])([2H])[C@@H](C[C@H](O)[C@@]([2H])(NC(=O)C([2H])([2H])Oc2c(C([2H])([2H])[2H])c([2H])c([2H])c([2H])c2C([2H])([2H])[2H])C([2H])([2H])c2c([2H])c([2H])c([2H])c([2H])c2[2H])NC(=O)[C@@]([2H])(N2CCCNC2=O)C([2H])(C([2H])([2H])[2H])C([2H])([2H])[2H])c([2H])c1[2H]. The van der Waals surface area contributed by atoms with Gasteiger partial charge in [-0.2, -0.15) is 0 Å². The van der Waals surface area contributed by atoms with Crippen molar-refractivity contribution in [2.75, 3.05) is 19.6 Å². The molecule has 1 fully saturated rings. The monoisotopic (exact) mass is 663 g/mol. The quantitative estimate of drug-likeness (QED) is 0.193. The Morgan fingerprint density at radius 3 is 2.26 bits per heavy atom. The summed E-state index contributed by atoms with van der Waals surface area (Å²) < 4.78 is 292. The van der Waals surface area contributed by atoms with Crippen molar-refractivity contribution in [1.82, 2.24) is 20.9 Å². The first-order valence-electron chi connectivity index (χ1n) is 30.1. The number of urea groups is 1. The minimum Gasteiger partial charge on any atom is -0.483 e. The number of hydrogen-bond donors (Lipinski definition) is 4. The third kappa shape index (κ3) is 9.81. The third-order valence-electron chi connectivity index (χ3n) is 5.80. The number of aliphatic hydroxyl groups is 1. The largest absolute Gasteiger partial charge is 0.483 e. The molecule has 4 N–H and O–H groups in total. The highest BCUT2D eigenvalue weighted by Crippen LogP contribution is 2.22. The van der Waals surface area contributed by atoms with E-state index in [2.05, 4.69) is 5.32 Å². The number of carbonyl (C=O) groups is 3. The van der Waals surface area contributed by atoms with Crippen LogP contribution < -0.4 is 20.7 Å². The number of ether oxygens (including phenoxy) is 1. The Hall–Kier alpha value is -4.37. The van der Waals surface area contributed by atoms with E-state index in [1.54, 1.807) is 5.32 Å². The Kier molecular flexibility index (Phi) is 4.06. The number of rotatable bonds is 15. The van der Waals surface area contributed by atoms with Crippen molar-refractivity contribution in [2.24, 2.45) is 5.89 Å². The van der Waals surface area contributed by atoms with E-state index in [-0.39, 0.29) is 17.9 Å². The molecule has 0 radical (unpaired) electrons. The van der Waals surface area contributed by atoms with Crippen LogP contribution in [0.3, 0.4) is 0 Å². The molecular formula is C37H48N4O5. The lowest BCUT2D eigenvalue weighted by Crippen LogP contribution is -2.59. The second-order valence-electron chi connectivity index (χ2n) is 9.03. The molecule has 0 bridgehead atoms. The number of nitrogens with zero attached hydrogens (tertiary/aromatic N) is 1. The van der Waals surface area contributed by atoms with Gasteiger partial charge in [0.2, 0.25) is 5.91 Å². The fourth-order valence-electron chi connectivity index (χ4n) is 3.82. The Bertz CT molecular complexity index is 2860. The molecule has 1 heterocycles. The molecule has 4 atom stereocenters. The summed E-state index contributed by atoms with van der Waals surface area (Å²) in [5.41, 5.74) is -6.46. The maximum absolute atomic E-state index is 15.0. The normalized spacial score (nSPS) is 30.1. The molecule has 0 aromatic heterocycles. The van der Waals surface area contributed by atoms with Gasteiger partial charge in [-0.25, -0.2) is 4.79 Å². The molecule has 0 spiro atoms. The van der Waals surface area contributed by atoms with E-state index in [0.717, 1.165) is 0 Å². The molecule has 1 aliphatic heterocycles. The number of carbonyl (C=O) groups excluding carboxylic acids is 3. The van der Waals surface area contributed by atoms with Gasteiger partial charge < -0.3 is 30.7 Å². The van der Waals surface area contributed by atoms with E-state index in [4.69, 9.17) is 43.1 Å². The molecule has 9 nitrogen and oxygen atoms in total. The van der Waals surface area contributed by atoms with Crippen LogP contribution in [-0.4, -0.2) is 71.7 Å². The molecule has 0 unspecified atom stereocenters. The lowest BCUT2D eigenvalue weighted by Gasteiger charge is -2.37. The smallest absolute Gasteiger partial charge is 0.318 e. The van der Waals surface area contributed by atoms with Crippen molar-refractivity contribution < 1.29 is 70.8 Å². The summed E-state index contributed by atoms with van der Waals surface area (Å²) in [7, 11) is 0. The standard InChI is InChI=1S/C37H48N4O5/c1-25(2)34(41-20-12-19-38-37(41)45)36(44)39-30(21-28-15-7-5-8-16-28)23-32(42)31(22-29-17-9-6-10-18-29)40-33(43)24-46-35-26(3)13-11-14-27(35)4/h5-11,13-18,25,30-32,34,42H,12,19-24H2,1-4H3,(H,38,45)(H,39,44)(H,40,43)/t30-,31-,32-,34-/m0/s1/i1D3,2D3,3D3,4D3,5D,6D,7D,8D,9D,10D,11D,13D,14D,15D,16D,17D,18D,21D2,22D2,24D2,25D,31D,34D. The molecule has 1 saturated heterocycles. The van der Waals surface area contributed by atoms with E-state index in [0.29, 0.717) is 0 Å². The summed E-state index contributed by atoms with van der Waals surface area (Å²) >= 11 is 0. The summed E-state index contributed by atoms with van der Waals surface area (Å²) in [6.45, 7) is -21.9. The third-order valence-corrected chi connectivity index (χ3v) is 5.80. The molecule has 46 heavy (non-hydrogen) atoms. The first-order chi connectivity index (χ1) is 35.7. The molecule has 3 aromatic rings. The topological polar surface area (TPSA) is 120 Å². The fraction of sp³-hybridized carbons (Fsp3) is 0.432. The second-order valence-corrected chi connectivity index (χ2v) is 9.03. The molecular weight excluding hydrogens is 580 g/mol. The maximum atomic E-state index is 15.0. The molecule has 4 rings (SSSR count). The minimum atomic E-state index is -4.52. The van der Waals surface area contributed by atoms with Crippen LogP contribution in [0.25, 0.3) is 0 Å². The van der Waals surface area contributed by atoms with Crippen LogP contribution in [0.2, 0.25) is 0 Å². The number of aliphatic hydroxyl groups excluding tert-OH is 1. The molecule has 246 valence electrons. The molecule has 4 amide bonds. The highest BCUT2D eigenvalue weighted by molar-refractivity contribution is 5.87. The van der Waals surface area contributed by atoms with E-state index in [1.165, 1.54) is 5.32 Å². The van der Waals surface area contributed by atoms with Crippen molar-refractivity contribution in [1.29, 1.82) is 0 Å². The van der Waals surface area contributed by atoms with Gasteiger partial charge in [-0.3, -0.25) is 9.59 Å². The van der Waals surface area contributed by atoms with Gasteiger partial charge in [0.05, 0.1) is 35.4 Å². The number of para-hydroxylation sites is 1. The zero-order chi connectivity index (χ0) is 62.5. The summed E-state index contributed by atoms with van der Waals surface area (Å²) in [4.78, 5) is 42.8. The van der Waals surface area contributed by atoms with Crippen LogP contribution in [0.15, 0.2) is 78.6 Å². The first kappa shape index (κ1) is 11.1. The predicted octanol–water partition coefficient (Wildman–Crippen LogP) is 4.33. The van der Waals surface area contributed by atoms with Crippen molar-refractivity contribution in [3.63, 3.8) is 0 Å². The zero-order valence-corrected chi connectivity index (χ0v) is 23.5. The van der Waals surface area contributed by atoms with Crippen molar-refractivity contribution in [2.45, 2.75) is 77.2 Å². The van der Waals surface area contributed by atoms with Crippen LogP contribution >= 0.6 is 0 Å². The lowest BCUT2D eigenvalue weighted by molar-refractivity contribution is -0.128. The van der Waals surface area contributed by atoms with Crippen molar-refractivity contribution >= 4 is 17.8 Å². The van der Waals surface area contributed by atoms with E-state index in [9.17, 15) is 22.9 Å². The molecule has 3 aromatic carbocycles. The number of amides is 4. The van der Waals surface area contributed by atoms with Crippen LogP contribution in [-0.2, 0) is 22.3 Å². The van der Waals surface area contributed by atoms with Gasteiger partial charge in [-0.15, -0.1) is 0 Å². The Labute approximate surface area is 320 Å². The number of nitrogens with one attached hydrogen (secondary N) is 3. The molecule has 0 saturated carbocycles. The van der Waals surface area contributed by atoms with Crippen LogP contribution in [0.1, 0.15) is 95.4 Å². The molecule has 1 aliphatic rings. The van der Waals surface area contributed by atoms with Gasteiger partial charge in [0.15, 0.2) is 6.56 Å². The Balaban J connectivity index is 2.18. The maximum Gasteiger partial charge on any atom is 0.318 e. The first-order valence-corrected chi connectivity index (χ1v) is 13.1. The van der Waals surface area contributed by atoms with Gasteiger partial charge in [0.1, 0.15) is 11.8 Å². The molecule has 0 aliphatic carbocycles. The average Bonchev–Trinajstić information content (AvgIpc) is 3.30. The summed E-state index contributed by atoms with van der Waals surface area (Å²) in [5.74, 6) is -11.5. The Morgan fingerprint density at radius 2 is 1.65 bits per heavy atom. The highest BCUT2D eigenvalue weighted by Gasteiger charge is 2.35. The summed E-state index contributed by atoms with van der Waals surface area (Å²) in [6.07, 6.45) is -14.5. The zero-order valence-electron chi connectivity index (χ0n) is 57.5. The lowest BCUT2D eigenvalue weighted by atomic mass is 9.92. The van der Waals surface area contributed by atoms with Crippen LogP contribution in [0, 0.1) is 19.6 Å². The van der Waals surface area contributed by atoms with Crippen LogP contribution in [0.4, 0.5) is 4.79 Å². The predicted molar refractivity (Wildman–Crippen MR) is 180 cm³/mol. The van der Waals surface area contributed by atoms with Gasteiger partial charge in [-0.1, -0.05) is 92.3 Å². The fourth-order valence-corrected chi connectivity index (χ4v) is 3.82.